The van der Waals surface area contributed by atoms with E-state index in [4.69, 9.17) is 11.6 Å². The van der Waals surface area contributed by atoms with Gasteiger partial charge < -0.3 is 0 Å². The zero-order chi connectivity index (χ0) is 11.1. The van der Waals surface area contributed by atoms with Gasteiger partial charge in [0.2, 0.25) is 0 Å². The molecule has 0 aliphatic carbocycles. The van der Waals surface area contributed by atoms with Crippen molar-refractivity contribution in [2.75, 3.05) is 0 Å². The third-order valence-electron chi connectivity index (χ3n) is 2.78. The Labute approximate surface area is 98.7 Å². The predicted molar refractivity (Wildman–Crippen MR) is 69.0 cm³/mol. The van der Waals surface area contributed by atoms with Gasteiger partial charge in [-0.3, -0.25) is 4.98 Å². The van der Waals surface area contributed by atoms with Gasteiger partial charge in [0, 0.05) is 11.1 Å². The number of nitrogens with zero attached hydrogens (tertiary/aromatic N) is 1. The first-order chi connectivity index (χ1) is 7.75. The molecule has 2 aromatic carbocycles. The van der Waals surface area contributed by atoms with Crippen LogP contribution in [0.5, 0.6) is 0 Å². The van der Waals surface area contributed by atoms with Crippen LogP contribution in [0.15, 0.2) is 42.5 Å². The summed E-state index contributed by atoms with van der Waals surface area (Å²) in [4.78, 5) is 4.50. The van der Waals surface area contributed by atoms with Crippen molar-refractivity contribution in [3.05, 3.63) is 53.2 Å². The summed E-state index contributed by atoms with van der Waals surface area (Å²) in [5.41, 5.74) is 1.91. The standard InChI is InChI=1S/C14H10ClN/c1-9-8-12(15)14-11-5-3-2-4-10(11)6-7-13(14)16-9/h2-8H,1H3. The molecule has 0 bridgehead atoms. The van der Waals surface area contributed by atoms with Crippen LogP contribution in [0.1, 0.15) is 5.69 Å². The Balaban J connectivity index is 2.60. The van der Waals surface area contributed by atoms with E-state index >= 15 is 0 Å². The lowest BCUT2D eigenvalue weighted by atomic mass is 10.0. The van der Waals surface area contributed by atoms with Gasteiger partial charge in [-0.15, -0.1) is 0 Å². The maximum atomic E-state index is 6.30. The van der Waals surface area contributed by atoms with E-state index in [-0.39, 0.29) is 0 Å². The summed E-state index contributed by atoms with van der Waals surface area (Å²) >= 11 is 6.30. The number of aryl methyl sites for hydroxylation is 1. The van der Waals surface area contributed by atoms with Crippen LogP contribution >= 0.6 is 11.6 Å². The van der Waals surface area contributed by atoms with Crippen LogP contribution < -0.4 is 0 Å². The number of halogens is 1. The number of benzene rings is 2. The highest BCUT2D eigenvalue weighted by Gasteiger charge is 2.05. The quantitative estimate of drug-likeness (QED) is 0.521. The van der Waals surface area contributed by atoms with Crippen LogP contribution in [0.3, 0.4) is 0 Å². The SMILES string of the molecule is Cc1cc(Cl)c2c(ccc3ccccc32)n1. The van der Waals surface area contributed by atoms with E-state index in [2.05, 4.69) is 23.2 Å². The van der Waals surface area contributed by atoms with Gasteiger partial charge in [-0.2, -0.15) is 0 Å². The van der Waals surface area contributed by atoms with Gasteiger partial charge in [0.25, 0.3) is 0 Å². The fourth-order valence-corrected chi connectivity index (χ4v) is 2.44. The number of rotatable bonds is 0. The van der Waals surface area contributed by atoms with Crippen LogP contribution in [-0.2, 0) is 0 Å². The van der Waals surface area contributed by atoms with E-state index < -0.39 is 0 Å². The molecular weight excluding hydrogens is 218 g/mol. The third-order valence-corrected chi connectivity index (χ3v) is 3.08. The van der Waals surface area contributed by atoms with Crippen molar-refractivity contribution in [1.82, 2.24) is 4.98 Å². The molecule has 0 unspecified atom stereocenters. The van der Waals surface area contributed by atoms with E-state index in [1.807, 2.05) is 31.2 Å². The molecule has 0 N–H and O–H groups in total. The van der Waals surface area contributed by atoms with Crippen molar-refractivity contribution in [3.8, 4) is 0 Å². The minimum absolute atomic E-state index is 0.777. The van der Waals surface area contributed by atoms with Crippen LogP contribution in [0.2, 0.25) is 5.02 Å². The van der Waals surface area contributed by atoms with Crippen LogP contribution in [-0.4, -0.2) is 4.98 Å². The number of fused-ring (bicyclic) bond motifs is 3. The maximum absolute atomic E-state index is 6.30. The molecule has 3 rings (SSSR count). The Morgan fingerprint density at radius 2 is 1.88 bits per heavy atom. The molecule has 0 aliphatic rings. The van der Waals surface area contributed by atoms with Gasteiger partial charge in [-0.05, 0) is 29.8 Å². The summed E-state index contributed by atoms with van der Waals surface area (Å²) in [5, 5.41) is 4.18. The first kappa shape index (κ1) is 9.61. The van der Waals surface area contributed by atoms with Crippen LogP contribution in [0.4, 0.5) is 0 Å². The molecule has 0 fully saturated rings. The van der Waals surface area contributed by atoms with Crippen LogP contribution in [0, 0.1) is 6.92 Å². The molecule has 0 atom stereocenters. The minimum Gasteiger partial charge on any atom is -0.253 e. The summed E-state index contributed by atoms with van der Waals surface area (Å²) in [6.45, 7) is 1.96. The second kappa shape index (κ2) is 3.46. The molecule has 0 saturated heterocycles. The molecular formula is C14H10ClN. The normalized spacial score (nSPS) is 11.1. The minimum atomic E-state index is 0.777. The molecule has 0 aliphatic heterocycles. The zero-order valence-corrected chi connectivity index (χ0v) is 9.62. The van der Waals surface area contributed by atoms with Crippen molar-refractivity contribution in [3.63, 3.8) is 0 Å². The first-order valence-corrected chi connectivity index (χ1v) is 5.58. The number of pyridine rings is 1. The molecule has 0 saturated carbocycles. The fraction of sp³-hybridized carbons (Fsp3) is 0.0714. The van der Waals surface area contributed by atoms with E-state index in [0.29, 0.717) is 0 Å². The number of hydrogen-bond acceptors (Lipinski definition) is 1. The molecule has 1 aromatic heterocycles. The lowest BCUT2D eigenvalue weighted by molar-refractivity contribution is 1.26. The Hall–Kier alpha value is -1.60. The van der Waals surface area contributed by atoms with Crippen LogP contribution in [0.25, 0.3) is 21.7 Å². The van der Waals surface area contributed by atoms with Crippen molar-refractivity contribution in [2.45, 2.75) is 6.92 Å². The third kappa shape index (κ3) is 1.36. The van der Waals surface area contributed by atoms with Crippen molar-refractivity contribution in [2.24, 2.45) is 0 Å². The fourth-order valence-electron chi connectivity index (χ4n) is 2.08. The van der Waals surface area contributed by atoms with Crippen molar-refractivity contribution >= 4 is 33.3 Å². The maximum Gasteiger partial charge on any atom is 0.0726 e. The van der Waals surface area contributed by atoms with Gasteiger partial charge in [0.15, 0.2) is 0 Å². The largest absolute Gasteiger partial charge is 0.253 e. The summed E-state index contributed by atoms with van der Waals surface area (Å²) < 4.78 is 0. The second-order valence-electron chi connectivity index (χ2n) is 3.93. The average Bonchev–Trinajstić information content (AvgIpc) is 2.28. The Morgan fingerprint density at radius 3 is 2.75 bits per heavy atom. The van der Waals surface area contributed by atoms with E-state index in [1.165, 1.54) is 5.39 Å². The Kier molecular flexibility index (Phi) is 2.08. The molecule has 16 heavy (non-hydrogen) atoms. The molecule has 2 heteroatoms. The molecule has 0 spiro atoms. The highest BCUT2D eigenvalue weighted by Crippen LogP contribution is 2.30. The lowest BCUT2D eigenvalue weighted by Crippen LogP contribution is -1.86. The first-order valence-electron chi connectivity index (χ1n) is 5.20. The molecule has 78 valence electrons. The topological polar surface area (TPSA) is 12.9 Å². The second-order valence-corrected chi connectivity index (χ2v) is 4.33. The van der Waals surface area contributed by atoms with E-state index in [0.717, 1.165) is 27.0 Å². The Morgan fingerprint density at radius 1 is 1.06 bits per heavy atom. The number of aromatic nitrogens is 1. The molecule has 0 radical (unpaired) electrons. The van der Waals surface area contributed by atoms with Gasteiger partial charge in [-0.25, -0.2) is 0 Å². The molecule has 3 aromatic rings. The highest BCUT2D eigenvalue weighted by atomic mass is 35.5. The highest BCUT2D eigenvalue weighted by molar-refractivity contribution is 6.37. The van der Waals surface area contributed by atoms with Gasteiger partial charge in [0.1, 0.15) is 0 Å². The molecule has 1 nitrogen and oxygen atoms in total. The van der Waals surface area contributed by atoms with Crippen molar-refractivity contribution < 1.29 is 0 Å². The summed E-state index contributed by atoms with van der Waals surface area (Å²) in [5.74, 6) is 0. The van der Waals surface area contributed by atoms with Gasteiger partial charge in [-0.1, -0.05) is 41.9 Å². The average molecular weight is 228 g/mol. The summed E-state index contributed by atoms with van der Waals surface area (Å²) in [7, 11) is 0. The molecule has 1 heterocycles. The monoisotopic (exact) mass is 227 g/mol. The lowest BCUT2D eigenvalue weighted by Gasteiger charge is -2.06. The zero-order valence-electron chi connectivity index (χ0n) is 8.87. The number of hydrogen-bond donors (Lipinski definition) is 0. The molecule has 0 amide bonds. The van der Waals surface area contributed by atoms with Gasteiger partial charge in [0.05, 0.1) is 10.5 Å². The Bertz CT molecular complexity index is 689. The predicted octanol–water partition coefficient (Wildman–Crippen LogP) is 4.35. The summed E-state index contributed by atoms with van der Waals surface area (Å²) in [6, 6.07) is 14.3. The van der Waals surface area contributed by atoms with Crippen molar-refractivity contribution in [1.29, 1.82) is 0 Å². The smallest absolute Gasteiger partial charge is 0.0726 e. The summed E-state index contributed by atoms with van der Waals surface area (Å²) in [6.07, 6.45) is 0. The van der Waals surface area contributed by atoms with E-state index in [1.54, 1.807) is 0 Å². The van der Waals surface area contributed by atoms with E-state index in [9.17, 15) is 0 Å². The van der Waals surface area contributed by atoms with Gasteiger partial charge >= 0.3 is 0 Å².